The van der Waals surface area contributed by atoms with Crippen LogP contribution in [0.2, 0.25) is 0 Å². The molecule has 2 N–H and O–H groups in total. The van der Waals surface area contributed by atoms with E-state index >= 15 is 0 Å². The van der Waals surface area contributed by atoms with Crippen LogP contribution in [0.3, 0.4) is 0 Å². The lowest BCUT2D eigenvalue weighted by Crippen LogP contribution is -2.13. The number of aromatic nitrogens is 1. The number of hydrogen-bond acceptors (Lipinski definition) is 2. The number of anilines is 1. The highest BCUT2D eigenvalue weighted by Gasteiger charge is 2.09. The first kappa shape index (κ1) is 14.1. The van der Waals surface area contributed by atoms with E-state index in [-0.39, 0.29) is 11.5 Å². The maximum Gasteiger partial charge on any atom is 0.255 e. The van der Waals surface area contributed by atoms with Gasteiger partial charge in [0.15, 0.2) is 0 Å². The summed E-state index contributed by atoms with van der Waals surface area (Å²) in [4.78, 5) is 26.8. The predicted octanol–water partition coefficient (Wildman–Crippen LogP) is 3.40. The third-order valence-electron chi connectivity index (χ3n) is 3.68. The number of rotatable bonds is 2. The lowest BCUT2D eigenvalue weighted by Gasteiger charge is -2.08. The van der Waals surface area contributed by atoms with E-state index in [9.17, 15) is 9.59 Å². The van der Waals surface area contributed by atoms with Gasteiger partial charge < -0.3 is 10.3 Å². The molecule has 0 saturated heterocycles. The summed E-state index contributed by atoms with van der Waals surface area (Å²) in [5, 5.41) is 3.80. The Morgan fingerprint density at radius 2 is 1.77 bits per heavy atom. The minimum Gasteiger partial charge on any atom is -0.322 e. The van der Waals surface area contributed by atoms with Crippen molar-refractivity contribution >= 4 is 22.5 Å². The van der Waals surface area contributed by atoms with Crippen molar-refractivity contribution in [3.8, 4) is 0 Å². The summed E-state index contributed by atoms with van der Waals surface area (Å²) in [6, 6.07) is 14.7. The maximum absolute atomic E-state index is 12.3. The SMILES string of the molecule is Cc1ccccc1C(=O)Nc1ccc2cc(C)c(=O)[nH]c2c1. The molecular formula is C18H16N2O2. The van der Waals surface area contributed by atoms with E-state index < -0.39 is 0 Å². The lowest BCUT2D eigenvalue weighted by atomic mass is 10.1. The Bertz CT molecular complexity index is 926. The molecule has 0 unspecified atom stereocenters. The molecule has 0 aliphatic carbocycles. The zero-order valence-corrected chi connectivity index (χ0v) is 12.4. The highest BCUT2D eigenvalue weighted by atomic mass is 16.1. The van der Waals surface area contributed by atoms with Crippen LogP contribution in [-0.4, -0.2) is 10.9 Å². The number of hydrogen-bond donors (Lipinski definition) is 2. The Labute approximate surface area is 127 Å². The maximum atomic E-state index is 12.3. The first-order valence-electron chi connectivity index (χ1n) is 7.05. The van der Waals surface area contributed by atoms with Crippen molar-refractivity contribution in [2.75, 3.05) is 5.32 Å². The second-order valence-corrected chi connectivity index (χ2v) is 5.35. The summed E-state index contributed by atoms with van der Waals surface area (Å²) >= 11 is 0. The molecule has 0 bridgehead atoms. The van der Waals surface area contributed by atoms with Crippen LogP contribution in [-0.2, 0) is 0 Å². The number of aromatic amines is 1. The van der Waals surface area contributed by atoms with Crippen molar-refractivity contribution < 1.29 is 4.79 Å². The van der Waals surface area contributed by atoms with E-state index in [0.717, 1.165) is 10.9 Å². The largest absolute Gasteiger partial charge is 0.322 e. The second kappa shape index (κ2) is 5.48. The lowest BCUT2D eigenvalue weighted by molar-refractivity contribution is 0.102. The standard InChI is InChI=1S/C18H16N2O2/c1-11-5-3-4-6-15(11)18(22)19-14-8-7-13-9-12(2)17(21)20-16(13)10-14/h3-10H,1-2H3,(H,19,22)(H,20,21). The molecule has 0 saturated carbocycles. The summed E-state index contributed by atoms with van der Waals surface area (Å²) in [7, 11) is 0. The van der Waals surface area contributed by atoms with E-state index in [1.807, 2.05) is 43.3 Å². The number of nitrogens with one attached hydrogen (secondary N) is 2. The number of carbonyl (C=O) groups excluding carboxylic acids is 1. The van der Waals surface area contributed by atoms with Crippen LogP contribution in [0.1, 0.15) is 21.5 Å². The van der Waals surface area contributed by atoms with Gasteiger partial charge in [0.25, 0.3) is 11.5 Å². The summed E-state index contributed by atoms with van der Waals surface area (Å²) in [6.45, 7) is 3.67. The van der Waals surface area contributed by atoms with Gasteiger partial charge in [0, 0.05) is 16.8 Å². The highest BCUT2D eigenvalue weighted by Crippen LogP contribution is 2.18. The van der Waals surface area contributed by atoms with Gasteiger partial charge in [-0.2, -0.15) is 0 Å². The predicted molar refractivity (Wildman–Crippen MR) is 88.4 cm³/mol. The number of pyridine rings is 1. The first-order valence-corrected chi connectivity index (χ1v) is 7.05. The Morgan fingerprint density at radius 3 is 2.55 bits per heavy atom. The number of fused-ring (bicyclic) bond motifs is 1. The Hall–Kier alpha value is -2.88. The molecule has 2 aromatic carbocycles. The third-order valence-corrected chi connectivity index (χ3v) is 3.68. The van der Waals surface area contributed by atoms with Crippen molar-refractivity contribution in [2.24, 2.45) is 0 Å². The number of benzene rings is 2. The smallest absolute Gasteiger partial charge is 0.255 e. The van der Waals surface area contributed by atoms with Gasteiger partial charge in [0.1, 0.15) is 0 Å². The molecule has 1 amide bonds. The molecule has 3 rings (SSSR count). The van der Waals surface area contributed by atoms with Gasteiger partial charge in [0.2, 0.25) is 0 Å². The average molecular weight is 292 g/mol. The molecule has 4 nitrogen and oxygen atoms in total. The van der Waals surface area contributed by atoms with E-state index in [1.54, 1.807) is 19.1 Å². The molecule has 0 aliphatic rings. The van der Waals surface area contributed by atoms with Gasteiger partial charge in [-0.05, 0) is 49.1 Å². The minimum atomic E-state index is -0.160. The summed E-state index contributed by atoms with van der Waals surface area (Å²) in [6.07, 6.45) is 0. The Balaban J connectivity index is 1.94. The quantitative estimate of drug-likeness (QED) is 0.760. The molecule has 110 valence electrons. The summed E-state index contributed by atoms with van der Waals surface area (Å²) in [5.74, 6) is -0.160. The van der Waals surface area contributed by atoms with Crippen LogP contribution in [0.4, 0.5) is 5.69 Å². The molecule has 1 aromatic heterocycles. The molecule has 22 heavy (non-hydrogen) atoms. The first-order chi connectivity index (χ1) is 10.5. The van der Waals surface area contributed by atoms with E-state index in [1.165, 1.54) is 0 Å². The van der Waals surface area contributed by atoms with Crippen LogP contribution >= 0.6 is 0 Å². The van der Waals surface area contributed by atoms with E-state index in [0.29, 0.717) is 22.3 Å². The van der Waals surface area contributed by atoms with E-state index in [4.69, 9.17) is 0 Å². The molecule has 0 aliphatic heterocycles. The van der Waals surface area contributed by atoms with Crippen molar-refractivity contribution in [1.82, 2.24) is 4.98 Å². The van der Waals surface area contributed by atoms with Gasteiger partial charge in [-0.15, -0.1) is 0 Å². The minimum absolute atomic E-state index is 0.116. The fraction of sp³-hybridized carbons (Fsp3) is 0.111. The number of carbonyl (C=O) groups is 1. The van der Waals surface area contributed by atoms with Crippen molar-refractivity contribution in [3.05, 3.63) is 75.6 Å². The van der Waals surface area contributed by atoms with Crippen LogP contribution in [0.25, 0.3) is 10.9 Å². The molecule has 0 atom stereocenters. The van der Waals surface area contributed by atoms with Gasteiger partial charge in [-0.25, -0.2) is 0 Å². The van der Waals surface area contributed by atoms with Gasteiger partial charge in [-0.1, -0.05) is 24.3 Å². The number of aryl methyl sites for hydroxylation is 2. The molecule has 3 aromatic rings. The molecule has 0 spiro atoms. The Kier molecular flexibility index (Phi) is 3.51. The molecule has 0 fully saturated rings. The topological polar surface area (TPSA) is 62.0 Å². The molecule has 1 heterocycles. The van der Waals surface area contributed by atoms with Crippen LogP contribution < -0.4 is 10.9 Å². The summed E-state index contributed by atoms with van der Waals surface area (Å²) in [5.41, 5.74) is 3.47. The van der Waals surface area contributed by atoms with Gasteiger partial charge in [0.05, 0.1) is 5.52 Å². The fourth-order valence-electron chi connectivity index (χ4n) is 2.41. The second-order valence-electron chi connectivity index (χ2n) is 5.35. The zero-order valence-electron chi connectivity index (χ0n) is 12.4. The van der Waals surface area contributed by atoms with Crippen LogP contribution in [0.5, 0.6) is 0 Å². The fourth-order valence-corrected chi connectivity index (χ4v) is 2.41. The van der Waals surface area contributed by atoms with Crippen molar-refractivity contribution in [1.29, 1.82) is 0 Å². The number of H-pyrrole nitrogens is 1. The van der Waals surface area contributed by atoms with Crippen molar-refractivity contribution in [2.45, 2.75) is 13.8 Å². The van der Waals surface area contributed by atoms with Crippen molar-refractivity contribution in [3.63, 3.8) is 0 Å². The van der Waals surface area contributed by atoms with E-state index in [2.05, 4.69) is 10.3 Å². The van der Waals surface area contributed by atoms with Crippen LogP contribution in [0, 0.1) is 13.8 Å². The average Bonchev–Trinajstić information content (AvgIpc) is 2.49. The number of amides is 1. The zero-order chi connectivity index (χ0) is 15.7. The normalized spacial score (nSPS) is 10.6. The molecule has 4 heteroatoms. The monoisotopic (exact) mass is 292 g/mol. The highest BCUT2D eigenvalue weighted by molar-refractivity contribution is 6.05. The van der Waals surface area contributed by atoms with Crippen LogP contribution in [0.15, 0.2) is 53.3 Å². The van der Waals surface area contributed by atoms with Gasteiger partial charge in [-0.3, -0.25) is 9.59 Å². The van der Waals surface area contributed by atoms with Gasteiger partial charge >= 0.3 is 0 Å². The summed E-state index contributed by atoms with van der Waals surface area (Å²) < 4.78 is 0. The third kappa shape index (κ3) is 2.63. The molecule has 0 radical (unpaired) electrons. The Morgan fingerprint density at radius 1 is 1.00 bits per heavy atom. The molecular weight excluding hydrogens is 276 g/mol.